The number of aliphatic hydroxyl groups excluding tert-OH is 1. The first-order valence-electron chi connectivity index (χ1n) is 11.0. The van der Waals surface area contributed by atoms with Crippen molar-refractivity contribution in [2.45, 2.75) is 13.0 Å². The highest BCUT2D eigenvalue weighted by Crippen LogP contribution is 2.23. The van der Waals surface area contributed by atoms with Gasteiger partial charge in [-0.2, -0.15) is 0 Å². The fourth-order valence-electron chi connectivity index (χ4n) is 3.65. The summed E-state index contributed by atoms with van der Waals surface area (Å²) in [6.07, 6.45) is 3.91. The van der Waals surface area contributed by atoms with Crippen LogP contribution in [0.15, 0.2) is 48.5 Å². The van der Waals surface area contributed by atoms with Crippen LogP contribution in [0.25, 0.3) is 17.1 Å². The molecule has 3 aromatic rings. The van der Waals surface area contributed by atoms with Crippen LogP contribution < -0.4 is 10.2 Å². The molecule has 176 valence electrons. The lowest BCUT2D eigenvalue weighted by Gasteiger charge is -2.22. The quantitative estimate of drug-likeness (QED) is 0.217. The van der Waals surface area contributed by atoms with Crippen LogP contribution in [0.1, 0.15) is 17.0 Å². The van der Waals surface area contributed by atoms with E-state index in [0.717, 1.165) is 66.3 Å². The standard InChI is InChI=1S/C25H30Cl2N4O2/c1-30-24-9-7-21(31(14-11-26)15-12-27)16-23(24)29-25(30)10-13-28-17-20-4-2-19(3-5-20)6-8-22(33)18-32/h2-9,16,28,32H,10-15,17-18H2,1H3/b8-6+. The third-order valence-electron chi connectivity index (χ3n) is 5.48. The van der Waals surface area contributed by atoms with Gasteiger partial charge in [0.25, 0.3) is 0 Å². The van der Waals surface area contributed by atoms with E-state index in [0.29, 0.717) is 11.8 Å². The fraction of sp³-hybridized carbons (Fsp3) is 0.360. The van der Waals surface area contributed by atoms with Crippen molar-refractivity contribution in [2.75, 3.05) is 42.9 Å². The molecule has 0 atom stereocenters. The van der Waals surface area contributed by atoms with E-state index in [1.165, 1.54) is 6.08 Å². The largest absolute Gasteiger partial charge is 0.388 e. The average Bonchev–Trinajstić information content (AvgIpc) is 3.15. The summed E-state index contributed by atoms with van der Waals surface area (Å²) in [5, 5.41) is 12.2. The number of nitrogens with zero attached hydrogens (tertiary/aromatic N) is 3. The highest BCUT2D eigenvalue weighted by atomic mass is 35.5. The van der Waals surface area contributed by atoms with Crippen LogP contribution in [0.4, 0.5) is 5.69 Å². The van der Waals surface area contributed by atoms with Crippen LogP contribution in [0.3, 0.4) is 0 Å². The summed E-state index contributed by atoms with van der Waals surface area (Å²) in [7, 11) is 2.05. The minimum atomic E-state index is -0.467. The molecule has 0 aliphatic rings. The molecule has 0 saturated heterocycles. The van der Waals surface area contributed by atoms with Gasteiger partial charge >= 0.3 is 0 Å². The topological polar surface area (TPSA) is 70.4 Å². The number of carbonyl (C=O) groups is 1. The van der Waals surface area contributed by atoms with Crippen molar-refractivity contribution in [3.63, 3.8) is 0 Å². The predicted octanol–water partition coefficient (Wildman–Crippen LogP) is 3.76. The summed E-state index contributed by atoms with van der Waals surface area (Å²) in [6, 6.07) is 14.3. The summed E-state index contributed by atoms with van der Waals surface area (Å²) in [5.41, 5.74) is 5.26. The molecule has 6 nitrogen and oxygen atoms in total. The number of aromatic nitrogens is 2. The zero-order valence-electron chi connectivity index (χ0n) is 18.8. The third kappa shape index (κ3) is 7.05. The van der Waals surface area contributed by atoms with Crippen molar-refractivity contribution in [2.24, 2.45) is 7.05 Å². The summed E-state index contributed by atoms with van der Waals surface area (Å²) < 4.78 is 2.14. The normalized spacial score (nSPS) is 11.5. The Morgan fingerprint density at radius 1 is 1.15 bits per heavy atom. The van der Waals surface area contributed by atoms with Gasteiger partial charge in [-0.05, 0) is 35.4 Å². The molecule has 1 heterocycles. The average molecular weight is 489 g/mol. The van der Waals surface area contributed by atoms with Gasteiger partial charge in [0.1, 0.15) is 12.4 Å². The number of carbonyl (C=O) groups excluding carboxylic acids is 1. The van der Waals surface area contributed by atoms with Crippen molar-refractivity contribution >= 4 is 51.8 Å². The molecule has 33 heavy (non-hydrogen) atoms. The molecule has 0 aliphatic heterocycles. The van der Waals surface area contributed by atoms with Crippen molar-refractivity contribution in [1.82, 2.24) is 14.9 Å². The second-order valence-corrected chi connectivity index (χ2v) is 8.51. The lowest BCUT2D eigenvalue weighted by Crippen LogP contribution is -2.27. The maximum atomic E-state index is 11.2. The minimum absolute atomic E-state index is 0.304. The van der Waals surface area contributed by atoms with Gasteiger partial charge in [-0.1, -0.05) is 30.3 Å². The second kappa shape index (κ2) is 12.8. The third-order valence-corrected chi connectivity index (χ3v) is 5.82. The van der Waals surface area contributed by atoms with Crippen molar-refractivity contribution in [3.8, 4) is 0 Å². The van der Waals surface area contributed by atoms with E-state index in [-0.39, 0.29) is 5.78 Å². The van der Waals surface area contributed by atoms with Crippen LogP contribution >= 0.6 is 23.2 Å². The first-order chi connectivity index (χ1) is 16.0. The number of halogens is 2. The Balaban J connectivity index is 1.56. The van der Waals surface area contributed by atoms with Crippen molar-refractivity contribution < 1.29 is 9.90 Å². The van der Waals surface area contributed by atoms with Gasteiger partial charge in [-0.25, -0.2) is 4.98 Å². The highest BCUT2D eigenvalue weighted by Gasteiger charge is 2.11. The molecule has 0 unspecified atom stereocenters. The van der Waals surface area contributed by atoms with Crippen molar-refractivity contribution in [3.05, 3.63) is 65.5 Å². The van der Waals surface area contributed by atoms with E-state index in [2.05, 4.69) is 33.0 Å². The number of hydrogen-bond acceptors (Lipinski definition) is 5. The number of alkyl halides is 2. The number of nitrogens with one attached hydrogen (secondary N) is 1. The zero-order chi connectivity index (χ0) is 23.6. The Morgan fingerprint density at radius 3 is 2.55 bits per heavy atom. The molecule has 0 radical (unpaired) electrons. The fourth-order valence-corrected chi connectivity index (χ4v) is 4.06. The summed E-state index contributed by atoms with van der Waals surface area (Å²) >= 11 is 11.9. The number of anilines is 1. The predicted molar refractivity (Wildman–Crippen MR) is 137 cm³/mol. The molecule has 3 rings (SSSR count). The molecule has 0 aliphatic carbocycles. The van der Waals surface area contributed by atoms with Gasteiger partial charge < -0.3 is 19.9 Å². The molecule has 0 amide bonds. The molecular weight excluding hydrogens is 459 g/mol. The van der Waals surface area contributed by atoms with Crippen molar-refractivity contribution in [1.29, 1.82) is 0 Å². The molecule has 8 heteroatoms. The van der Waals surface area contributed by atoms with Gasteiger partial charge in [0.05, 0.1) is 11.0 Å². The Hall–Kier alpha value is -2.38. The molecule has 2 aromatic carbocycles. The van der Waals surface area contributed by atoms with E-state index < -0.39 is 6.61 Å². The van der Waals surface area contributed by atoms with E-state index in [1.54, 1.807) is 6.08 Å². The van der Waals surface area contributed by atoms with Crippen LogP contribution in [0, 0.1) is 0 Å². The molecule has 1 aromatic heterocycles. The van der Waals surface area contributed by atoms with Crippen LogP contribution in [0.2, 0.25) is 0 Å². The first kappa shape index (κ1) is 25.2. The Morgan fingerprint density at radius 2 is 1.88 bits per heavy atom. The molecule has 0 fully saturated rings. The number of ketones is 1. The number of fused-ring (bicyclic) bond motifs is 1. The van der Waals surface area contributed by atoms with E-state index in [9.17, 15) is 4.79 Å². The molecule has 0 saturated carbocycles. The Bertz CT molecular complexity index is 1070. The SMILES string of the molecule is Cn1c(CCNCc2ccc(/C=C/C(=O)CO)cc2)nc2cc(N(CCCl)CCCl)ccc21. The van der Waals surface area contributed by atoms with Crippen LogP contribution in [-0.4, -0.2) is 58.4 Å². The number of hydrogen-bond donors (Lipinski definition) is 2. The summed E-state index contributed by atoms with van der Waals surface area (Å²) in [4.78, 5) is 18.2. The van der Waals surface area contributed by atoms with Gasteiger partial charge in [-0.3, -0.25) is 4.79 Å². The van der Waals surface area contributed by atoms with E-state index >= 15 is 0 Å². The van der Waals surface area contributed by atoms with E-state index in [4.69, 9.17) is 33.3 Å². The van der Waals surface area contributed by atoms with Gasteiger partial charge in [0, 0.05) is 57.1 Å². The summed E-state index contributed by atoms with van der Waals surface area (Å²) in [6.45, 7) is 2.59. The summed E-state index contributed by atoms with van der Waals surface area (Å²) in [5.74, 6) is 1.83. The maximum absolute atomic E-state index is 11.2. The van der Waals surface area contributed by atoms with Gasteiger partial charge in [0.2, 0.25) is 0 Å². The molecule has 0 bridgehead atoms. The monoisotopic (exact) mass is 488 g/mol. The van der Waals surface area contributed by atoms with Crippen LogP contribution in [0.5, 0.6) is 0 Å². The van der Waals surface area contributed by atoms with Gasteiger partial charge in [-0.15, -0.1) is 23.2 Å². The molecule has 0 spiro atoms. The van der Waals surface area contributed by atoms with Crippen LogP contribution in [-0.2, 0) is 24.8 Å². The first-order valence-corrected chi connectivity index (χ1v) is 12.1. The lowest BCUT2D eigenvalue weighted by atomic mass is 10.1. The number of aryl methyl sites for hydroxylation is 1. The van der Waals surface area contributed by atoms with Gasteiger partial charge in [0.15, 0.2) is 5.78 Å². The smallest absolute Gasteiger partial charge is 0.181 e. The Kier molecular flexibility index (Phi) is 9.76. The lowest BCUT2D eigenvalue weighted by molar-refractivity contribution is -0.117. The Labute approximate surface area is 204 Å². The number of rotatable bonds is 13. The second-order valence-electron chi connectivity index (χ2n) is 7.75. The minimum Gasteiger partial charge on any atom is -0.388 e. The highest BCUT2D eigenvalue weighted by molar-refractivity contribution is 6.18. The number of imidazole rings is 1. The number of benzene rings is 2. The zero-order valence-corrected chi connectivity index (χ0v) is 20.3. The maximum Gasteiger partial charge on any atom is 0.181 e. The van der Waals surface area contributed by atoms with E-state index in [1.807, 2.05) is 31.3 Å². The number of aliphatic hydroxyl groups is 1. The molecular formula is C25H30Cl2N4O2. The molecule has 2 N–H and O–H groups in total.